The van der Waals surface area contributed by atoms with E-state index in [1.165, 1.54) is 11.8 Å². The van der Waals surface area contributed by atoms with E-state index in [4.69, 9.17) is 4.74 Å². The summed E-state index contributed by atoms with van der Waals surface area (Å²) < 4.78 is 5.26. The number of benzene rings is 2. The quantitative estimate of drug-likeness (QED) is 0.704. The summed E-state index contributed by atoms with van der Waals surface area (Å²) in [6.45, 7) is 2.17. The van der Waals surface area contributed by atoms with Crippen LogP contribution < -0.4 is 15.2 Å². The van der Waals surface area contributed by atoms with Gasteiger partial charge in [0.1, 0.15) is 5.75 Å². The molecule has 0 aliphatic rings. The molecule has 1 heterocycles. The molecule has 1 N–H and O–H groups in total. The van der Waals surface area contributed by atoms with Crippen molar-refractivity contribution in [2.75, 3.05) is 12.4 Å². The topological polar surface area (TPSA) is 74.3 Å². The van der Waals surface area contributed by atoms with Gasteiger partial charge in [-0.1, -0.05) is 25.5 Å². The predicted octanol–water partition coefficient (Wildman–Crippen LogP) is 3.69. The number of anilines is 2. The average Bonchev–Trinajstić information content (AvgIpc) is 2.67. The highest BCUT2D eigenvalue weighted by atomic mass is 16.5. The zero-order valence-corrected chi connectivity index (χ0v) is 14.9. The van der Waals surface area contributed by atoms with E-state index in [1.807, 2.05) is 12.1 Å². The van der Waals surface area contributed by atoms with Gasteiger partial charge in [-0.2, -0.15) is 0 Å². The molecule has 0 spiro atoms. The molecule has 0 radical (unpaired) electrons. The smallest absolute Gasteiger partial charge is 0.119 e. The molecule has 0 unspecified atom stereocenters. The van der Waals surface area contributed by atoms with Crippen molar-refractivity contribution in [3.63, 3.8) is 0 Å². The maximum absolute atomic E-state index is 11.6. The molecule has 2 aromatic carbocycles. The van der Waals surface area contributed by atoms with E-state index in [9.17, 15) is 9.90 Å². The Morgan fingerprint density at radius 3 is 2.62 bits per heavy atom. The van der Waals surface area contributed by atoms with Crippen LogP contribution in [-0.4, -0.2) is 18.1 Å². The molecule has 0 amide bonds. The fourth-order valence-corrected chi connectivity index (χ4v) is 2.87. The van der Waals surface area contributed by atoms with Crippen molar-refractivity contribution in [3.8, 4) is 5.75 Å². The summed E-state index contributed by atoms with van der Waals surface area (Å²) in [6, 6.07) is 13.4. The highest BCUT2D eigenvalue weighted by molar-refractivity contribution is 6.05. The number of nitrogens with one attached hydrogen (secondary N) is 1. The Balaban J connectivity index is 2.01. The first-order valence-electron chi connectivity index (χ1n) is 8.66. The third-order valence-electron chi connectivity index (χ3n) is 4.34. The Labute approximate surface area is 152 Å². The summed E-state index contributed by atoms with van der Waals surface area (Å²) in [5.74, 6) is -0.642. The molecule has 0 bridgehead atoms. The number of pyridine rings is 1. The minimum atomic E-state index is -1.27. The number of unbranched alkanes of at least 4 members (excludes halogenated alkanes) is 1. The van der Waals surface area contributed by atoms with Gasteiger partial charge in [-0.25, -0.2) is 0 Å². The molecular formula is C21H21N2O3-. The summed E-state index contributed by atoms with van der Waals surface area (Å²) >= 11 is 0. The van der Waals surface area contributed by atoms with E-state index in [-0.39, 0.29) is 5.56 Å². The Kier molecular flexibility index (Phi) is 5.37. The van der Waals surface area contributed by atoms with Crippen LogP contribution in [0.15, 0.2) is 48.7 Å². The van der Waals surface area contributed by atoms with E-state index >= 15 is 0 Å². The molecule has 3 rings (SSSR count). The molecule has 134 valence electrons. The number of carbonyl (C=O) groups is 1. The summed E-state index contributed by atoms with van der Waals surface area (Å²) in [5, 5.41) is 15.4. The minimum Gasteiger partial charge on any atom is -0.545 e. The van der Waals surface area contributed by atoms with Gasteiger partial charge in [0.15, 0.2) is 0 Å². The molecule has 0 atom stereocenters. The number of aromatic nitrogens is 1. The maximum atomic E-state index is 11.6. The lowest BCUT2D eigenvalue weighted by atomic mass is 10.1. The lowest BCUT2D eigenvalue weighted by Crippen LogP contribution is -2.23. The second-order valence-electron chi connectivity index (χ2n) is 6.14. The number of fused-ring (bicyclic) bond motifs is 1. The van der Waals surface area contributed by atoms with Gasteiger partial charge in [0.25, 0.3) is 0 Å². The highest BCUT2D eigenvalue weighted by Gasteiger charge is 2.11. The highest BCUT2D eigenvalue weighted by Crippen LogP contribution is 2.31. The Morgan fingerprint density at radius 1 is 1.19 bits per heavy atom. The molecule has 3 aromatic rings. The number of carboxylic acid groups (broad SMARTS) is 1. The Hall–Kier alpha value is -3.08. The van der Waals surface area contributed by atoms with Gasteiger partial charge < -0.3 is 20.0 Å². The number of rotatable bonds is 7. The second-order valence-corrected chi connectivity index (χ2v) is 6.14. The number of ether oxygens (including phenoxy) is 1. The van der Waals surface area contributed by atoms with E-state index < -0.39 is 5.97 Å². The van der Waals surface area contributed by atoms with Crippen molar-refractivity contribution in [1.82, 2.24) is 4.98 Å². The van der Waals surface area contributed by atoms with Crippen LogP contribution in [-0.2, 0) is 6.42 Å². The maximum Gasteiger partial charge on any atom is 0.119 e. The molecule has 0 aliphatic heterocycles. The number of aryl methyl sites for hydroxylation is 1. The first kappa shape index (κ1) is 17.7. The van der Waals surface area contributed by atoms with Gasteiger partial charge in [0, 0.05) is 22.8 Å². The van der Waals surface area contributed by atoms with Crippen molar-refractivity contribution in [1.29, 1.82) is 0 Å². The molecule has 1 aromatic heterocycles. The van der Waals surface area contributed by atoms with Gasteiger partial charge in [0.05, 0.1) is 24.3 Å². The number of aromatic carboxylic acids is 1. The predicted molar refractivity (Wildman–Crippen MR) is 101 cm³/mol. The van der Waals surface area contributed by atoms with Gasteiger partial charge >= 0.3 is 0 Å². The van der Waals surface area contributed by atoms with Crippen LogP contribution >= 0.6 is 0 Å². The monoisotopic (exact) mass is 349 g/mol. The molecule has 0 fully saturated rings. The molecule has 5 nitrogen and oxygen atoms in total. The summed E-state index contributed by atoms with van der Waals surface area (Å²) in [5.41, 5.74) is 3.22. The van der Waals surface area contributed by atoms with Crippen LogP contribution in [0.5, 0.6) is 5.75 Å². The van der Waals surface area contributed by atoms with Crippen molar-refractivity contribution in [3.05, 3.63) is 59.8 Å². The summed E-state index contributed by atoms with van der Waals surface area (Å²) in [4.78, 5) is 15.8. The first-order valence-corrected chi connectivity index (χ1v) is 8.66. The lowest BCUT2D eigenvalue weighted by Gasteiger charge is -2.16. The fraction of sp³-hybridized carbons (Fsp3) is 0.238. The molecule has 0 saturated heterocycles. The van der Waals surface area contributed by atoms with Gasteiger partial charge in [0.2, 0.25) is 0 Å². The second kappa shape index (κ2) is 7.87. The van der Waals surface area contributed by atoms with Crippen molar-refractivity contribution < 1.29 is 14.6 Å². The van der Waals surface area contributed by atoms with E-state index in [1.54, 1.807) is 25.3 Å². The first-order chi connectivity index (χ1) is 12.6. The Bertz CT molecular complexity index is 920. The lowest BCUT2D eigenvalue weighted by molar-refractivity contribution is -0.254. The van der Waals surface area contributed by atoms with Crippen LogP contribution in [0.2, 0.25) is 0 Å². The van der Waals surface area contributed by atoms with E-state index in [0.717, 1.165) is 24.9 Å². The van der Waals surface area contributed by atoms with Gasteiger partial charge in [-0.15, -0.1) is 0 Å². The van der Waals surface area contributed by atoms with Crippen molar-refractivity contribution in [2.24, 2.45) is 0 Å². The third kappa shape index (κ3) is 3.77. The largest absolute Gasteiger partial charge is 0.545 e. The Morgan fingerprint density at radius 2 is 1.96 bits per heavy atom. The SMILES string of the molecule is CCCCc1ccc(Nc2c(C(=O)[O-])cnc3ccc(OC)cc23)cc1. The van der Waals surface area contributed by atoms with Crippen LogP contribution in [0.1, 0.15) is 35.7 Å². The third-order valence-corrected chi connectivity index (χ3v) is 4.34. The van der Waals surface area contributed by atoms with Gasteiger partial charge in [-0.05, 0) is 48.7 Å². The van der Waals surface area contributed by atoms with E-state index in [0.29, 0.717) is 22.3 Å². The number of methoxy groups -OCH3 is 1. The zero-order chi connectivity index (χ0) is 18.5. The summed E-state index contributed by atoms with van der Waals surface area (Å²) in [6.07, 6.45) is 4.66. The molecule has 5 heteroatoms. The molecule has 26 heavy (non-hydrogen) atoms. The van der Waals surface area contributed by atoms with Crippen molar-refractivity contribution in [2.45, 2.75) is 26.2 Å². The summed E-state index contributed by atoms with van der Waals surface area (Å²) in [7, 11) is 1.57. The zero-order valence-electron chi connectivity index (χ0n) is 14.9. The van der Waals surface area contributed by atoms with Crippen molar-refractivity contribution >= 4 is 28.2 Å². The van der Waals surface area contributed by atoms with Crippen LogP contribution in [0.3, 0.4) is 0 Å². The minimum absolute atomic E-state index is 0.0146. The fourth-order valence-electron chi connectivity index (χ4n) is 2.87. The van der Waals surface area contributed by atoms with Crippen LogP contribution in [0, 0.1) is 0 Å². The average molecular weight is 349 g/mol. The van der Waals surface area contributed by atoms with Crippen LogP contribution in [0.4, 0.5) is 11.4 Å². The molecule has 0 aliphatic carbocycles. The molecule has 0 saturated carbocycles. The van der Waals surface area contributed by atoms with Gasteiger partial charge in [-0.3, -0.25) is 4.98 Å². The van der Waals surface area contributed by atoms with E-state index in [2.05, 4.69) is 29.4 Å². The number of carboxylic acids is 1. The number of nitrogens with zero attached hydrogens (tertiary/aromatic N) is 1. The standard InChI is InChI=1S/C21H22N2O3/c1-3-4-5-14-6-8-15(9-7-14)23-20-17-12-16(26-2)10-11-19(17)22-13-18(20)21(24)25/h6-13H,3-5H2,1-2H3,(H,22,23)(H,24,25)/p-1. The number of hydrogen-bond donors (Lipinski definition) is 1. The van der Waals surface area contributed by atoms with Crippen LogP contribution in [0.25, 0.3) is 10.9 Å². The molecular weight excluding hydrogens is 328 g/mol. The normalized spacial score (nSPS) is 10.7. The number of hydrogen-bond acceptors (Lipinski definition) is 5. The number of carbonyl (C=O) groups excluding carboxylic acids is 1.